The highest BCUT2D eigenvalue weighted by Gasteiger charge is 2.26. The van der Waals surface area contributed by atoms with Crippen LogP contribution in [-0.4, -0.2) is 33.0 Å². The Bertz CT molecular complexity index is 693. The molecule has 2 heterocycles. The minimum absolute atomic E-state index is 0.0355. The van der Waals surface area contributed by atoms with Gasteiger partial charge < -0.3 is 10.4 Å². The molecule has 106 valence electrons. The summed E-state index contributed by atoms with van der Waals surface area (Å²) in [7, 11) is 0. The van der Waals surface area contributed by atoms with Gasteiger partial charge in [-0.1, -0.05) is 6.42 Å². The van der Waals surface area contributed by atoms with Crippen LogP contribution in [-0.2, 0) is 0 Å². The number of hydrogen-bond acceptors (Lipinski definition) is 5. The van der Waals surface area contributed by atoms with Crippen LogP contribution in [0.1, 0.15) is 29.6 Å². The van der Waals surface area contributed by atoms with Gasteiger partial charge in [-0.15, -0.1) is 11.3 Å². The highest BCUT2D eigenvalue weighted by molar-refractivity contribution is 7.15. The molecule has 3 rings (SSSR count). The lowest BCUT2D eigenvalue weighted by Gasteiger charge is -2.14. The number of nitrogens with one attached hydrogen (secondary N) is 1. The molecular formula is C13H15N3O3S. The van der Waals surface area contributed by atoms with E-state index in [1.807, 2.05) is 0 Å². The first-order chi connectivity index (χ1) is 9.66. The summed E-state index contributed by atoms with van der Waals surface area (Å²) in [5.41, 5.74) is -0.325. The maximum absolute atomic E-state index is 12.1. The summed E-state index contributed by atoms with van der Waals surface area (Å²) >= 11 is 1.34. The van der Waals surface area contributed by atoms with Gasteiger partial charge in [-0.25, -0.2) is 4.98 Å². The van der Waals surface area contributed by atoms with E-state index in [1.165, 1.54) is 21.9 Å². The van der Waals surface area contributed by atoms with Crippen LogP contribution in [0.3, 0.4) is 0 Å². The molecule has 2 aromatic heterocycles. The predicted molar refractivity (Wildman–Crippen MR) is 75.0 cm³/mol. The van der Waals surface area contributed by atoms with Gasteiger partial charge in [0, 0.05) is 30.2 Å². The lowest BCUT2D eigenvalue weighted by atomic mass is 10.1. The third-order valence-corrected chi connectivity index (χ3v) is 4.50. The number of rotatable bonds is 3. The second-order valence-corrected chi connectivity index (χ2v) is 5.87. The molecule has 1 amide bonds. The summed E-state index contributed by atoms with van der Waals surface area (Å²) in [5.74, 6) is -0.346. The highest BCUT2D eigenvalue weighted by Crippen LogP contribution is 2.24. The molecular weight excluding hydrogens is 278 g/mol. The fourth-order valence-corrected chi connectivity index (χ4v) is 3.23. The van der Waals surface area contributed by atoms with Crippen LogP contribution in [0.15, 0.2) is 22.6 Å². The number of hydrogen-bond donors (Lipinski definition) is 2. The number of carbonyl (C=O) groups excluding carboxylic acids is 1. The number of aliphatic hydroxyl groups excluding tert-OH is 1. The zero-order valence-corrected chi connectivity index (χ0v) is 11.6. The van der Waals surface area contributed by atoms with E-state index in [9.17, 15) is 14.7 Å². The van der Waals surface area contributed by atoms with Crippen molar-refractivity contribution in [3.8, 4) is 0 Å². The first-order valence-electron chi connectivity index (χ1n) is 6.58. The van der Waals surface area contributed by atoms with E-state index in [-0.39, 0.29) is 23.1 Å². The zero-order chi connectivity index (χ0) is 14.1. The van der Waals surface area contributed by atoms with Crippen LogP contribution in [0.4, 0.5) is 0 Å². The molecule has 0 aliphatic heterocycles. The van der Waals surface area contributed by atoms with Crippen molar-refractivity contribution in [3.05, 3.63) is 33.7 Å². The fraction of sp³-hybridized carbons (Fsp3) is 0.462. The van der Waals surface area contributed by atoms with E-state index in [1.54, 1.807) is 11.6 Å². The van der Waals surface area contributed by atoms with E-state index >= 15 is 0 Å². The molecule has 1 aliphatic carbocycles. The summed E-state index contributed by atoms with van der Waals surface area (Å²) in [6.45, 7) is 0.395. The molecule has 0 radical (unpaired) electrons. The first-order valence-corrected chi connectivity index (χ1v) is 7.46. The normalized spacial score (nSPS) is 22.2. The van der Waals surface area contributed by atoms with Crippen molar-refractivity contribution in [1.82, 2.24) is 14.7 Å². The van der Waals surface area contributed by atoms with Crippen LogP contribution in [0.2, 0.25) is 0 Å². The molecule has 0 saturated heterocycles. The van der Waals surface area contributed by atoms with Gasteiger partial charge in [0.2, 0.25) is 0 Å². The topological polar surface area (TPSA) is 83.7 Å². The van der Waals surface area contributed by atoms with Crippen molar-refractivity contribution in [3.63, 3.8) is 0 Å². The minimum atomic E-state index is -0.429. The Hall–Kier alpha value is -1.73. The molecule has 0 aromatic carbocycles. The molecule has 2 aromatic rings. The molecule has 0 bridgehead atoms. The third kappa shape index (κ3) is 2.34. The lowest BCUT2D eigenvalue weighted by Crippen LogP contribution is -2.36. The lowest BCUT2D eigenvalue weighted by molar-refractivity contribution is 0.0915. The number of aliphatic hydroxyl groups is 1. The first kappa shape index (κ1) is 13.3. The van der Waals surface area contributed by atoms with Gasteiger partial charge in [0.25, 0.3) is 11.5 Å². The van der Waals surface area contributed by atoms with Gasteiger partial charge in [-0.2, -0.15) is 0 Å². The Morgan fingerprint density at radius 2 is 2.40 bits per heavy atom. The maximum atomic E-state index is 12.1. The highest BCUT2D eigenvalue weighted by atomic mass is 32.1. The van der Waals surface area contributed by atoms with Crippen LogP contribution >= 0.6 is 11.3 Å². The quantitative estimate of drug-likeness (QED) is 0.870. The van der Waals surface area contributed by atoms with Gasteiger partial charge in [0.05, 0.1) is 6.10 Å². The van der Waals surface area contributed by atoms with Gasteiger partial charge in [0.15, 0.2) is 4.96 Å². The summed E-state index contributed by atoms with van der Waals surface area (Å²) in [5, 5.41) is 14.2. The van der Waals surface area contributed by atoms with Crippen molar-refractivity contribution in [2.24, 2.45) is 5.92 Å². The van der Waals surface area contributed by atoms with Crippen LogP contribution in [0.5, 0.6) is 0 Å². The summed E-state index contributed by atoms with van der Waals surface area (Å²) in [6, 6.07) is 0. The molecule has 2 unspecified atom stereocenters. The molecule has 2 atom stereocenters. The Kier molecular flexibility index (Phi) is 3.54. The van der Waals surface area contributed by atoms with Gasteiger partial charge in [0.1, 0.15) is 5.56 Å². The van der Waals surface area contributed by atoms with E-state index in [0.717, 1.165) is 19.3 Å². The van der Waals surface area contributed by atoms with E-state index in [2.05, 4.69) is 10.3 Å². The Balaban J connectivity index is 1.75. The van der Waals surface area contributed by atoms with E-state index < -0.39 is 5.91 Å². The molecule has 0 spiro atoms. The van der Waals surface area contributed by atoms with Crippen molar-refractivity contribution in [2.75, 3.05) is 6.54 Å². The molecule has 2 N–H and O–H groups in total. The number of aromatic nitrogens is 2. The van der Waals surface area contributed by atoms with Gasteiger partial charge >= 0.3 is 0 Å². The smallest absolute Gasteiger partial charge is 0.271 e. The third-order valence-electron chi connectivity index (χ3n) is 3.73. The summed E-state index contributed by atoms with van der Waals surface area (Å²) in [6.07, 6.45) is 5.23. The van der Waals surface area contributed by atoms with Crippen molar-refractivity contribution in [2.45, 2.75) is 25.4 Å². The SMILES string of the molecule is O=C(NCC1CCCC1O)c1cnc2sccn2c1=O. The zero-order valence-electron chi connectivity index (χ0n) is 10.8. The van der Waals surface area contributed by atoms with Crippen LogP contribution in [0, 0.1) is 5.92 Å². The molecule has 6 nitrogen and oxygen atoms in total. The van der Waals surface area contributed by atoms with E-state index in [0.29, 0.717) is 11.5 Å². The average Bonchev–Trinajstić information content (AvgIpc) is 3.05. The Morgan fingerprint density at radius 1 is 1.55 bits per heavy atom. The second kappa shape index (κ2) is 5.34. The second-order valence-electron chi connectivity index (χ2n) is 5.00. The molecule has 1 saturated carbocycles. The molecule has 20 heavy (non-hydrogen) atoms. The van der Waals surface area contributed by atoms with Crippen molar-refractivity contribution >= 4 is 22.2 Å². The standard InChI is InChI=1S/C13H15N3O3S/c17-10-3-1-2-8(10)6-14-11(18)9-7-15-13-16(12(9)19)4-5-20-13/h4-5,7-8,10,17H,1-3,6H2,(H,14,18). The van der Waals surface area contributed by atoms with Crippen LogP contribution in [0.25, 0.3) is 4.96 Å². The molecule has 1 aliphatic rings. The van der Waals surface area contributed by atoms with Gasteiger partial charge in [-0.05, 0) is 12.8 Å². The number of amides is 1. The maximum Gasteiger partial charge on any atom is 0.271 e. The average molecular weight is 293 g/mol. The predicted octanol–water partition coefficient (Wildman–Crippen LogP) is 0.647. The Labute approximate surface area is 119 Å². The fourth-order valence-electron chi connectivity index (χ4n) is 2.55. The largest absolute Gasteiger partial charge is 0.393 e. The molecule has 7 heteroatoms. The van der Waals surface area contributed by atoms with Crippen molar-refractivity contribution in [1.29, 1.82) is 0 Å². The summed E-state index contributed by atoms with van der Waals surface area (Å²) < 4.78 is 1.37. The van der Waals surface area contributed by atoms with Crippen molar-refractivity contribution < 1.29 is 9.90 Å². The summed E-state index contributed by atoms with van der Waals surface area (Å²) in [4.78, 5) is 28.8. The van der Waals surface area contributed by atoms with E-state index in [4.69, 9.17) is 0 Å². The number of fused-ring (bicyclic) bond motifs is 1. The number of nitrogens with zero attached hydrogens (tertiary/aromatic N) is 2. The van der Waals surface area contributed by atoms with Crippen LogP contribution < -0.4 is 10.9 Å². The molecule has 1 fully saturated rings. The number of carbonyl (C=O) groups is 1. The monoisotopic (exact) mass is 293 g/mol. The number of thiazole rings is 1. The Morgan fingerprint density at radius 3 is 3.15 bits per heavy atom. The minimum Gasteiger partial charge on any atom is -0.393 e. The van der Waals surface area contributed by atoms with Gasteiger partial charge in [-0.3, -0.25) is 14.0 Å².